The van der Waals surface area contributed by atoms with E-state index in [0.29, 0.717) is 6.42 Å². The van der Waals surface area contributed by atoms with E-state index in [9.17, 15) is 4.79 Å². The Hall–Kier alpha value is -1.38. The topological polar surface area (TPSA) is 42.0 Å². The molecular formula is C13H20N2O. The van der Waals surface area contributed by atoms with E-state index in [2.05, 4.69) is 17.2 Å². The van der Waals surface area contributed by atoms with Gasteiger partial charge in [-0.3, -0.25) is 4.79 Å². The molecule has 0 radical (unpaired) electrons. The fraction of sp³-hybridized carbons (Fsp3) is 0.538. The molecular weight excluding hydrogens is 200 g/mol. The van der Waals surface area contributed by atoms with E-state index in [1.54, 1.807) is 6.20 Å². The average Bonchev–Trinajstić information content (AvgIpc) is 2.30. The van der Waals surface area contributed by atoms with E-state index in [0.717, 1.165) is 37.2 Å². The number of carbonyl (C=O) groups is 1. The van der Waals surface area contributed by atoms with Crippen molar-refractivity contribution in [3.05, 3.63) is 23.9 Å². The molecule has 0 atom stereocenters. The van der Waals surface area contributed by atoms with Crippen molar-refractivity contribution >= 4 is 11.6 Å². The molecule has 1 heterocycles. The first-order valence-corrected chi connectivity index (χ1v) is 6.01. The number of aromatic nitrogens is 1. The fourth-order valence-electron chi connectivity index (χ4n) is 1.52. The van der Waals surface area contributed by atoms with E-state index >= 15 is 0 Å². The van der Waals surface area contributed by atoms with Gasteiger partial charge >= 0.3 is 0 Å². The lowest BCUT2D eigenvalue weighted by molar-refractivity contribution is 0.0982. The number of unbranched alkanes of at least 4 members (excludes halogenated alkanes) is 1. The van der Waals surface area contributed by atoms with Crippen LogP contribution in [0.4, 0.5) is 5.82 Å². The van der Waals surface area contributed by atoms with Crippen LogP contribution in [0.3, 0.4) is 0 Å². The molecule has 0 unspecified atom stereocenters. The van der Waals surface area contributed by atoms with Crippen LogP contribution in [0, 0.1) is 0 Å². The molecule has 0 spiro atoms. The Kier molecular flexibility index (Phi) is 5.54. The summed E-state index contributed by atoms with van der Waals surface area (Å²) in [4.78, 5) is 16.0. The molecule has 0 saturated carbocycles. The molecule has 0 amide bonds. The summed E-state index contributed by atoms with van der Waals surface area (Å²) in [6.07, 6.45) is 5.42. The Morgan fingerprint density at radius 2 is 2.19 bits per heavy atom. The van der Waals surface area contributed by atoms with Gasteiger partial charge in [-0.2, -0.15) is 0 Å². The van der Waals surface area contributed by atoms with Crippen LogP contribution < -0.4 is 5.32 Å². The normalized spacial score (nSPS) is 10.1. The van der Waals surface area contributed by atoms with Crippen LogP contribution in [0.25, 0.3) is 0 Å². The molecule has 0 saturated heterocycles. The number of nitrogens with one attached hydrogen (secondary N) is 1. The second-order valence-electron chi connectivity index (χ2n) is 3.85. The zero-order valence-electron chi connectivity index (χ0n) is 10.1. The summed E-state index contributed by atoms with van der Waals surface area (Å²) in [5.74, 6) is 0.906. The highest BCUT2D eigenvalue weighted by molar-refractivity contribution is 6.00. The highest BCUT2D eigenvalue weighted by Gasteiger charge is 2.10. The Bertz CT molecular complexity index is 336. The molecule has 3 nitrogen and oxygen atoms in total. The summed E-state index contributed by atoms with van der Waals surface area (Å²) >= 11 is 0. The molecule has 0 bridgehead atoms. The van der Waals surface area contributed by atoms with Gasteiger partial charge in [-0.05, 0) is 25.0 Å². The second-order valence-corrected chi connectivity index (χ2v) is 3.85. The third kappa shape index (κ3) is 3.65. The summed E-state index contributed by atoms with van der Waals surface area (Å²) < 4.78 is 0. The fourth-order valence-corrected chi connectivity index (χ4v) is 1.52. The number of rotatable bonds is 7. The van der Waals surface area contributed by atoms with Crippen LogP contribution in [0.2, 0.25) is 0 Å². The predicted octanol–water partition coefficient (Wildman–Crippen LogP) is 3.28. The van der Waals surface area contributed by atoms with Crippen LogP contribution >= 0.6 is 0 Å². The van der Waals surface area contributed by atoms with Gasteiger partial charge in [-0.15, -0.1) is 0 Å². The van der Waals surface area contributed by atoms with Crippen molar-refractivity contribution in [2.75, 3.05) is 11.9 Å². The maximum atomic E-state index is 11.8. The molecule has 0 fully saturated rings. The van der Waals surface area contributed by atoms with Crippen molar-refractivity contribution in [3.8, 4) is 0 Å². The van der Waals surface area contributed by atoms with Crippen LogP contribution in [0.15, 0.2) is 18.3 Å². The van der Waals surface area contributed by atoms with Gasteiger partial charge in [-0.25, -0.2) is 4.98 Å². The Morgan fingerprint density at radius 1 is 1.38 bits per heavy atom. The third-order valence-corrected chi connectivity index (χ3v) is 2.41. The van der Waals surface area contributed by atoms with Gasteiger partial charge in [0.05, 0.1) is 5.56 Å². The summed E-state index contributed by atoms with van der Waals surface area (Å²) in [7, 11) is 0. The van der Waals surface area contributed by atoms with Crippen LogP contribution in [-0.2, 0) is 0 Å². The average molecular weight is 220 g/mol. The van der Waals surface area contributed by atoms with Crippen LogP contribution in [-0.4, -0.2) is 17.3 Å². The number of hydrogen-bond donors (Lipinski definition) is 1. The zero-order valence-corrected chi connectivity index (χ0v) is 10.1. The Balaban J connectivity index is 2.71. The lowest BCUT2D eigenvalue weighted by atomic mass is 10.1. The van der Waals surface area contributed by atoms with E-state index in [-0.39, 0.29) is 5.78 Å². The first-order chi connectivity index (χ1) is 7.79. The molecule has 1 N–H and O–H groups in total. The van der Waals surface area contributed by atoms with Gasteiger partial charge in [0.15, 0.2) is 5.78 Å². The van der Waals surface area contributed by atoms with Crippen molar-refractivity contribution < 1.29 is 4.79 Å². The van der Waals surface area contributed by atoms with Crippen molar-refractivity contribution in [1.29, 1.82) is 0 Å². The first-order valence-electron chi connectivity index (χ1n) is 6.01. The highest BCUT2D eigenvalue weighted by atomic mass is 16.1. The standard InChI is InChI=1S/C13H20N2O/c1-3-5-9-14-13-11(8-6-10-15-13)12(16)7-4-2/h6,8,10H,3-5,7,9H2,1-2H3,(H,14,15). The Morgan fingerprint density at radius 3 is 2.88 bits per heavy atom. The molecule has 0 aromatic carbocycles. The number of ketones is 1. The van der Waals surface area contributed by atoms with E-state index in [1.165, 1.54) is 0 Å². The van der Waals surface area contributed by atoms with E-state index in [1.807, 2.05) is 19.1 Å². The first kappa shape index (κ1) is 12.7. The quantitative estimate of drug-likeness (QED) is 0.566. The maximum Gasteiger partial charge on any atom is 0.166 e. The SMILES string of the molecule is CCCCNc1ncccc1C(=O)CCC. The minimum absolute atomic E-state index is 0.176. The van der Waals surface area contributed by atoms with Gasteiger partial charge in [0.25, 0.3) is 0 Å². The number of anilines is 1. The maximum absolute atomic E-state index is 11.8. The molecule has 16 heavy (non-hydrogen) atoms. The van der Waals surface area contributed by atoms with Crippen molar-refractivity contribution in [1.82, 2.24) is 4.98 Å². The van der Waals surface area contributed by atoms with Crippen molar-refractivity contribution in [3.63, 3.8) is 0 Å². The number of nitrogens with zero attached hydrogens (tertiary/aromatic N) is 1. The third-order valence-electron chi connectivity index (χ3n) is 2.41. The van der Waals surface area contributed by atoms with Gasteiger partial charge in [-0.1, -0.05) is 20.3 Å². The van der Waals surface area contributed by atoms with Gasteiger partial charge < -0.3 is 5.32 Å². The number of carbonyl (C=O) groups excluding carboxylic acids is 1. The van der Waals surface area contributed by atoms with Crippen molar-refractivity contribution in [2.45, 2.75) is 39.5 Å². The highest BCUT2D eigenvalue weighted by Crippen LogP contribution is 2.14. The van der Waals surface area contributed by atoms with Crippen LogP contribution in [0.1, 0.15) is 49.9 Å². The smallest absolute Gasteiger partial charge is 0.166 e. The number of Topliss-reactive ketones (excluding diaryl/α,β-unsaturated/α-hetero) is 1. The number of hydrogen-bond acceptors (Lipinski definition) is 3. The van der Waals surface area contributed by atoms with Gasteiger partial charge in [0, 0.05) is 19.2 Å². The van der Waals surface area contributed by atoms with Gasteiger partial charge in [0.2, 0.25) is 0 Å². The minimum atomic E-state index is 0.176. The zero-order chi connectivity index (χ0) is 11.8. The molecule has 88 valence electrons. The predicted molar refractivity (Wildman–Crippen MR) is 66.9 cm³/mol. The second kappa shape index (κ2) is 6.99. The van der Waals surface area contributed by atoms with E-state index in [4.69, 9.17) is 0 Å². The van der Waals surface area contributed by atoms with Crippen LogP contribution in [0.5, 0.6) is 0 Å². The molecule has 3 heteroatoms. The Labute approximate surface area is 97.3 Å². The van der Waals surface area contributed by atoms with Crippen molar-refractivity contribution in [2.24, 2.45) is 0 Å². The summed E-state index contributed by atoms with van der Waals surface area (Å²) in [6.45, 7) is 5.03. The number of pyridine rings is 1. The molecule has 0 aliphatic carbocycles. The summed E-state index contributed by atoms with van der Waals surface area (Å²) in [6, 6.07) is 3.66. The lowest BCUT2D eigenvalue weighted by Crippen LogP contribution is -2.09. The monoisotopic (exact) mass is 220 g/mol. The molecule has 1 aromatic rings. The van der Waals surface area contributed by atoms with Gasteiger partial charge in [0.1, 0.15) is 5.82 Å². The lowest BCUT2D eigenvalue weighted by Gasteiger charge is -2.09. The minimum Gasteiger partial charge on any atom is -0.369 e. The molecule has 1 rings (SSSR count). The largest absolute Gasteiger partial charge is 0.369 e. The molecule has 1 aromatic heterocycles. The summed E-state index contributed by atoms with van der Waals surface area (Å²) in [5.41, 5.74) is 0.723. The molecule has 0 aliphatic heterocycles. The van der Waals surface area contributed by atoms with E-state index < -0.39 is 0 Å². The molecule has 0 aliphatic rings. The summed E-state index contributed by atoms with van der Waals surface area (Å²) in [5, 5.41) is 3.22.